The van der Waals surface area contributed by atoms with Gasteiger partial charge in [-0.3, -0.25) is 9.59 Å². The lowest BCUT2D eigenvalue weighted by molar-refractivity contribution is -0.141. The summed E-state index contributed by atoms with van der Waals surface area (Å²) in [7, 11) is 0. The van der Waals surface area contributed by atoms with Gasteiger partial charge in [0, 0.05) is 35.5 Å². The Morgan fingerprint density at radius 2 is 1.70 bits per heavy atom. The monoisotopic (exact) mass is 631 g/mol. The van der Waals surface area contributed by atoms with Gasteiger partial charge in [0.1, 0.15) is 17.2 Å². The van der Waals surface area contributed by atoms with E-state index in [1.54, 1.807) is 36.1 Å². The van der Waals surface area contributed by atoms with E-state index in [2.05, 4.69) is 10.6 Å². The number of amides is 3. The Morgan fingerprint density at radius 1 is 0.978 bits per heavy atom. The Kier molecular flexibility index (Phi) is 10.0. The highest BCUT2D eigenvalue weighted by Gasteiger charge is 2.45. The van der Waals surface area contributed by atoms with Gasteiger partial charge in [0.15, 0.2) is 0 Å². The van der Waals surface area contributed by atoms with Crippen molar-refractivity contribution in [3.63, 3.8) is 0 Å². The molecule has 1 saturated carbocycles. The minimum absolute atomic E-state index is 0.00847. The van der Waals surface area contributed by atoms with Gasteiger partial charge < -0.3 is 29.4 Å². The van der Waals surface area contributed by atoms with Crippen LogP contribution in [0.1, 0.15) is 88.8 Å². The number of esters is 1. The first-order valence-electron chi connectivity index (χ1n) is 16.3. The lowest BCUT2D eigenvalue weighted by Gasteiger charge is -2.35. The molecule has 1 aromatic heterocycles. The van der Waals surface area contributed by atoms with Crippen LogP contribution in [-0.2, 0) is 19.1 Å². The first-order valence-corrected chi connectivity index (χ1v) is 16.3. The summed E-state index contributed by atoms with van der Waals surface area (Å²) in [6.07, 6.45) is 3.26. The second-order valence-corrected chi connectivity index (χ2v) is 13.4. The molecule has 2 aliphatic rings. The highest BCUT2D eigenvalue weighted by Crippen LogP contribution is 2.38. The SMILES string of the molecule is CCOC(=O)c1cc2cc(NC(=O)[C@@H]3[C@@H](c4ccccc4)CCN3C(=O)[C@H]3CC[C@H](C(C)NC(=O)OC(C)(C)C)CC3)ccc2o1. The number of anilines is 1. The predicted molar refractivity (Wildman–Crippen MR) is 174 cm³/mol. The molecule has 1 unspecified atom stereocenters. The molecule has 1 saturated heterocycles. The number of ether oxygens (including phenoxy) is 2. The average Bonchev–Trinajstić information content (AvgIpc) is 3.65. The molecule has 2 N–H and O–H groups in total. The molecule has 10 heteroatoms. The van der Waals surface area contributed by atoms with Crippen molar-refractivity contribution < 1.29 is 33.1 Å². The fourth-order valence-corrected chi connectivity index (χ4v) is 6.77. The van der Waals surface area contributed by atoms with E-state index in [4.69, 9.17) is 13.9 Å². The molecular formula is C36H45N3O7. The van der Waals surface area contributed by atoms with Crippen molar-refractivity contribution in [2.24, 2.45) is 11.8 Å². The van der Waals surface area contributed by atoms with Gasteiger partial charge in [-0.05, 0) is 102 Å². The number of alkyl carbamates (subject to hydrolysis) is 1. The summed E-state index contributed by atoms with van der Waals surface area (Å²) in [5.74, 6) is -0.773. The number of nitrogens with zero attached hydrogens (tertiary/aromatic N) is 1. The molecule has 0 spiro atoms. The lowest BCUT2D eigenvalue weighted by Crippen LogP contribution is -2.48. The summed E-state index contributed by atoms with van der Waals surface area (Å²) in [5.41, 5.74) is 1.51. The van der Waals surface area contributed by atoms with Gasteiger partial charge in [-0.15, -0.1) is 0 Å². The summed E-state index contributed by atoms with van der Waals surface area (Å²) in [4.78, 5) is 54.3. The molecule has 2 aromatic carbocycles. The van der Waals surface area contributed by atoms with Gasteiger partial charge in [-0.2, -0.15) is 0 Å². The molecule has 5 rings (SSSR count). The number of carbonyl (C=O) groups excluding carboxylic acids is 4. The number of furan rings is 1. The van der Waals surface area contributed by atoms with Crippen LogP contribution in [0.15, 0.2) is 59.0 Å². The normalized spacial score (nSPS) is 22.2. The largest absolute Gasteiger partial charge is 0.460 e. The zero-order chi connectivity index (χ0) is 33.0. The maximum atomic E-state index is 14.1. The Bertz CT molecular complexity index is 1550. The second-order valence-electron chi connectivity index (χ2n) is 13.4. The molecule has 246 valence electrons. The number of rotatable bonds is 8. The van der Waals surface area contributed by atoms with Crippen LogP contribution >= 0.6 is 0 Å². The number of hydrogen-bond donors (Lipinski definition) is 2. The summed E-state index contributed by atoms with van der Waals surface area (Å²) in [6, 6.07) is 15.9. The highest BCUT2D eigenvalue weighted by molar-refractivity contribution is 6.00. The molecule has 10 nitrogen and oxygen atoms in total. The van der Waals surface area contributed by atoms with Crippen LogP contribution in [0.5, 0.6) is 0 Å². The van der Waals surface area contributed by atoms with Crippen LogP contribution in [0.2, 0.25) is 0 Å². The van der Waals surface area contributed by atoms with Gasteiger partial charge in [0.2, 0.25) is 17.6 Å². The van der Waals surface area contributed by atoms with Crippen molar-refractivity contribution in [1.82, 2.24) is 10.2 Å². The maximum Gasteiger partial charge on any atom is 0.407 e. The lowest BCUT2D eigenvalue weighted by atomic mass is 9.78. The van der Waals surface area contributed by atoms with Crippen LogP contribution in [0.25, 0.3) is 11.0 Å². The van der Waals surface area contributed by atoms with Crippen LogP contribution < -0.4 is 10.6 Å². The second kappa shape index (κ2) is 14.0. The Morgan fingerprint density at radius 3 is 2.37 bits per heavy atom. The molecule has 3 amide bonds. The number of likely N-dealkylation sites (tertiary alicyclic amines) is 1. The number of benzene rings is 2. The molecule has 3 aromatic rings. The van der Waals surface area contributed by atoms with Crippen molar-refractivity contribution in [1.29, 1.82) is 0 Å². The highest BCUT2D eigenvalue weighted by atomic mass is 16.6. The molecular weight excluding hydrogens is 586 g/mol. The number of fused-ring (bicyclic) bond motifs is 1. The van der Waals surface area contributed by atoms with Crippen molar-refractivity contribution >= 4 is 40.5 Å². The topological polar surface area (TPSA) is 127 Å². The Balaban J connectivity index is 1.28. The van der Waals surface area contributed by atoms with Crippen molar-refractivity contribution in [3.05, 3.63) is 65.9 Å². The predicted octanol–water partition coefficient (Wildman–Crippen LogP) is 6.65. The standard InChI is InChI=1S/C36H45N3O7/c1-6-44-34(42)30-21-26-20-27(16-17-29(26)45-30)38-32(40)31-28(24-10-8-7-9-11-24)18-19-39(31)33(41)25-14-12-23(13-15-25)22(2)37-35(43)46-36(3,4)5/h7-11,16-17,20-23,25,28,31H,6,12-15,18-19H2,1-5H3,(H,37,43)(H,38,40)/t22?,23-,25-,28-,31+/m1/s1. The van der Waals surface area contributed by atoms with Crippen LogP contribution in [-0.4, -0.2) is 59.6 Å². The smallest absolute Gasteiger partial charge is 0.407 e. The molecule has 1 aliphatic carbocycles. The van der Waals surface area contributed by atoms with Crippen molar-refractivity contribution in [3.8, 4) is 0 Å². The zero-order valence-electron chi connectivity index (χ0n) is 27.3. The quantitative estimate of drug-likeness (QED) is 0.267. The van der Waals surface area contributed by atoms with Crippen LogP contribution in [0, 0.1) is 11.8 Å². The molecule has 2 fully saturated rings. The molecule has 46 heavy (non-hydrogen) atoms. The summed E-state index contributed by atoms with van der Waals surface area (Å²) >= 11 is 0. The Hall–Kier alpha value is -4.34. The van der Waals surface area contributed by atoms with E-state index < -0.39 is 23.7 Å². The first-order chi connectivity index (χ1) is 21.9. The Labute approximate surface area is 270 Å². The zero-order valence-corrected chi connectivity index (χ0v) is 27.3. The minimum atomic E-state index is -0.671. The van der Waals surface area contributed by atoms with Crippen molar-refractivity contribution in [2.75, 3.05) is 18.5 Å². The molecule has 2 heterocycles. The van der Waals surface area contributed by atoms with Gasteiger partial charge in [-0.1, -0.05) is 30.3 Å². The fourth-order valence-electron chi connectivity index (χ4n) is 6.77. The molecule has 0 bridgehead atoms. The van der Waals surface area contributed by atoms with E-state index in [1.165, 1.54) is 0 Å². The van der Waals surface area contributed by atoms with E-state index in [0.29, 0.717) is 42.5 Å². The van der Waals surface area contributed by atoms with Gasteiger partial charge in [0.25, 0.3) is 0 Å². The fraction of sp³-hybridized carbons (Fsp3) is 0.500. The third-order valence-corrected chi connectivity index (χ3v) is 9.01. The van der Waals surface area contributed by atoms with E-state index in [0.717, 1.165) is 18.4 Å². The van der Waals surface area contributed by atoms with E-state index in [1.807, 2.05) is 58.0 Å². The van der Waals surface area contributed by atoms with Gasteiger partial charge in [-0.25, -0.2) is 9.59 Å². The third kappa shape index (κ3) is 7.71. The van der Waals surface area contributed by atoms with E-state index in [-0.39, 0.29) is 48.0 Å². The summed E-state index contributed by atoms with van der Waals surface area (Å²) in [5, 5.41) is 6.66. The molecule has 3 atom stereocenters. The van der Waals surface area contributed by atoms with Crippen molar-refractivity contribution in [2.45, 2.75) is 90.3 Å². The number of nitrogens with one attached hydrogen (secondary N) is 2. The van der Waals surface area contributed by atoms with E-state index >= 15 is 0 Å². The van der Waals surface area contributed by atoms with E-state index in [9.17, 15) is 19.2 Å². The van der Waals surface area contributed by atoms with Crippen LogP contribution in [0.4, 0.5) is 10.5 Å². The average molecular weight is 632 g/mol. The van der Waals surface area contributed by atoms with Gasteiger partial charge >= 0.3 is 12.1 Å². The van der Waals surface area contributed by atoms with Gasteiger partial charge in [0.05, 0.1) is 6.61 Å². The third-order valence-electron chi connectivity index (χ3n) is 9.01. The summed E-state index contributed by atoms with van der Waals surface area (Å²) in [6.45, 7) is 9.96. The molecule has 0 radical (unpaired) electrons. The molecule has 1 aliphatic heterocycles. The number of carbonyl (C=O) groups is 4. The minimum Gasteiger partial charge on any atom is -0.460 e. The first kappa shape index (κ1) is 33.0. The van der Waals surface area contributed by atoms with Crippen LogP contribution in [0.3, 0.4) is 0 Å². The maximum absolute atomic E-state index is 14.1. The summed E-state index contributed by atoms with van der Waals surface area (Å²) < 4.78 is 16.1. The number of hydrogen-bond acceptors (Lipinski definition) is 7.